The minimum Gasteiger partial charge on any atom is -0.454 e. The first-order valence-corrected chi connectivity index (χ1v) is 18.5. The molecule has 0 amide bonds. The summed E-state index contributed by atoms with van der Waals surface area (Å²) in [5.74, 6) is 0. The molecule has 7 aromatic carbocycles. The van der Waals surface area contributed by atoms with E-state index in [4.69, 9.17) is 4.42 Å². The molecule has 0 aliphatic heterocycles. The maximum atomic E-state index is 7.05. The van der Waals surface area contributed by atoms with Gasteiger partial charge in [0.25, 0.3) is 0 Å². The lowest BCUT2D eigenvalue weighted by Crippen LogP contribution is -2.23. The standard InChI is InChI=1S/C47H33NOS/c1-3-47(4-2)35-20-10-5-17-31(35)41-42-33-19-8-13-23-38(33)49-46(42)45-43(44(41)47)32-18-7-12-22-37(32)48(45)36-21-11-6-15-29(36)28-25-26-40-34(27-28)30-16-9-14-24-39(30)50-40/h5-27H,3-4H2,1-2H3. The van der Waals surface area contributed by atoms with Gasteiger partial charge in [0, 0.05) is 52.7 Å². The maximum absolute atomic E-state index is 7.05. The number of aromatic nitrogens is 1. The zero-order chi connectivity index (χ0) is 33.1. The summed E-state index contributed by atoms with van der Waals surface area (Å²) in [6.07, 6.45) is 2.04. The molecule has 3 heteroatoms. The Balaban J connectivity index is 1.34. The molecule has 0 atom stereocenters. The second kappa shape index (κ2) is 10.2. The van der Waals surface area contributed by atoms with Crippen LogP contribution in [0.5, 0.6) is 0 Å². The average Bonchev–Trinajstić information content (AvgIpc) is 3.91. The molecule has 1 aliphatic rings. The third kappa shape index (κ3) is 3.48. The summed E-state index contributed by atoms with van der Waals surface area (Å²) in [7, 11) is 0. The van der Waals surface area contributed by atoms with E-state index in [1.807, 2.05) is 11.3 Å². The molecule has 0 bridgehead atoms. The van der Waals surface area contributed by atoms with Crippen molar-refractivity contribution in [3.05, 3.63) is 151 Å². The Labute approximate surface area is 293 Å². The van der Waals surface area contributed by atoms with E-state index < -0.39 is 0 Å². The Morgan fingerprint density at radius 1 is 0.600 bits per heavy atom. The number of hydrogen-bond acceptors (Lipinski definition) is 2. The van der Waals surface area contributed by atoms with Gasteiger partial charge < -0.3 is 8.98 Å². The van der Waals surface area contributed by atoms with Crippen LogP contribution in [0.2, 0.25) is 0 Å². The monoisotopic (exact) mass is 659 g/mol. The van der Waals surface area contributed by atoms with Crippen molar-refractivity contribution in [2.75, 3.05) is 0 Å². The van der Waals surface area contributed by atoms with Crippen molar-refractivity contribution < 1.29 is 4.42 Å². The summed E-state index contributed by atoms with van der Waals surface area (Å²) in [5, 5.41) is 7.63. The summed E-state index contributed by atoms with van der Waals surface area (Å²) < 4.78 is 12.2. The number of thiophene rings is 1. The van der Waals surface area contributed by atoms with Gasteiger partial charge in [-0.1, -0.05) is 117 Å². The first-order chi connectivity index (χ1) is 24.7. The number of benzene rings is 7. The Morgan fingerprint density at radius 2 is 1.28 bits per heavy atom. The largest absolute Gasteiger partial charge is 0.454 e. The van der Waals surface area contributed by atoms with E-state index in [-0.39, 0.29) is 5.41 Å². The first kappa shape index (κ1) is 28.2. The van der Waals surface area contributed by atoms with Crippen LogP contribution in [0, 0.1) is 0 Å². The molecular formula is C47H33NOS. The molecule has 0 radical (unpaired) electrons. The SMILES string of the molecule is CCC1(CC)c2ccccc2-c2c1c1c3ccccc3n(-c3ccccc3-c3ccc4sc5ccccc5c4c3)c1c1oc3ccccc3c21. The molecule has 3 aromatic heterocycles. The lowest BCUT2D eigenvalue weighted by molar-refractivity contribution is 0.494. The third-order valence-corrected chi connectivity index (χ3v) is 12.8. The second-order valence-corrected chi connectivity index (χ2v) is 14.9. The first-order valence-electron chi connectivity index (χ1n) is 17.7. The van der Waals surface area contributed by atoms with Crippen LogP contribution in [0.1, 0.15) is 37.8 Å². The molecule has 3 heterocycles. The van der Waals surface area contributed by atoms with Gasteiger partial charge in [0.15, 0.2) is 5.58 Å². The van der Waals surface area contributed by atoms with Crippen molar-refractivity contribution in [2.45, 2.75) is 32.1 Å². The Kier molecular flexibility index (Phi) is 5.75. The summed E-state index contributed by atoms with van der Waals surface area (Å²) in [5.41, 5.74) is 13.3. The normalized spacial score (nSPS) is 13.7. The van der Waals surface area contributed by atoms with Crippen LogP contribution < -0.4 is 0 Å². The second-order valence-electron chi connectivity index (χ2n) is 13.8. The van der Waals surface area contributed by atoms with Crippen LogP contribution in [-0.4, -0.2) is 4.57 Å². The van der Waals surface area contributed by atoms with Crippen molar-refractivity contribution in [3.8, 4) is 27.9 Å². The molecule has 10 aromatic rings. The summed E-state index contributed by atoms with van der Waals surface area (Å²) in [4.78, 5) is 0. The summed E-state index contributed by atoms with van der Waals surface area (Å²) >= 11 is 1.87. The van der Waals surface area contributed by atoms with Crippen LogP contribution in [0.3, 0.4) is 0 Å². The van der Waals surface area contributed by atoms with Gasteiger partial charge in [0.1, 0.15) is 5.58 Å². The molecule has 0 N–H and O–H groups in total. The van der Waals surface area contributed by atoms with Gasteiger partial charge in [-0.2, -0.15) is 0 Å². The van der Waals surface area contributed by atoms with Gasteiger partial charge in [-0.15, -0.1) is 11.3 Å². The van der Waals surface area contributed by atoms with Gasteiger partial charge >= 0.3 is 0 Å². The van der Waals surface area contributed by atoms with Crippen LogP contribution in [0.4, 0.5) is 0 Å². The topological polar surface area (TPSA) is 18.1 Å². The van der Waals surface area contributed by atoms with Crippen molar-refractivity contribution in [1.82, 2.24) is 4.57 Å². The highest BCUT2D eigenvalue weighted by molar-refractivity contribution is 7.25. The predicted molar refractivity (Wildman–Crippen MR) is 213 cm³/mol. The van der Waals surface area contributed by atoms with Crippen LogP contribution >= 0.6 is 11.3 Å². The fraction of sp³-hybridized carbons (Fsp3) is 0.106. The maximum Gasteiger partial charge on any atom is 0.160 e. The highest BCUT2D eigenvalue weighted by atomic mass is 32.1. The van der Waals surface area contributed by atoms with Crippen molar-refractivity contribution in [3.63, 3.8) is 0 Å². The Morgan fingerprint density at radius 3 is 2.14 bits per heavy atom. The Bertz CT molecular complexity index is 3020. The predicted octanol–water partition coefficient (Wildman–Crippen LogP) is 13.8. The van der Waals surface area contributed by atoms with E-state index in [9.17, 15) is 0 Å². The minimum absolute atomic E-state index is 0.115. The van der Waals surface area contributed by atoms with Crippen LogP contribution in [-0.2, 0) is 5.41 Å². The molecule has 0 saturated carbocycles. The number of furan rings is 1. The van der Waals surface area contributed by atoms with Gasteiger partial charge in [0.05, 0.1) is 16.7 Å². The van der Waals surface area contributed by atoms with Crippen molar-refractivity contribution in [2.24, 2.45) is 0 Å². The number of nitrogens with zero attached hydrogens (tertiary/aromatic N) is 1. The minimum atomic E-state index is -0.115. The zero-order valence-electron chi connectivity index (χ0n) is 28.0. The lowest BCUT2D eigenvalue weighted by atomic mass is 9.72. The highest BCUT2D eigenvalue weighted by Gasteiger charge is 2.45. The molecule has 0 unspecified atom stereocenters. The molecule has 1 aliphatic carbocycles. The zero-order valence-corrected chi connectivity index (χ0v) is 28.8. The van der Waals surface area contributed by atoms with E-state index >= 15 is 0 Å². The fourth-order valence-corrected chi connectivity index (χ4v) is 10.5. The summed E-state index contributed by atoms with van der Waals surface area (Å²) in [6, 6.07) is 51.5. The molecular weight excluding hydrogens is 627 g/mol. The molecule has 0 saturated heterocycles. The van der Waals surface area contributed by atoms with Gasteiger partial charge in [-0.05, 0) is 77.1 Å². The third-order valence-electron chi connectivity index (χ3n) is 11.7. The molecule has 50 heavy (non-hydrogen) atoms. The molecule has 0 spiro atoms. The number of hydrogen-bond donors (Lipinski definition) is 0. The van der Waals surface area contributed by atoms with E-state index in [2.05, 4.69) is 158 Å². The molecule has 238 valence electrons. The molecule has 0 fully saturated rings. The van der Waals surface area contributed by atoms with Gasteiger partial charge in [0.2, 0.25) is 0 Å². The Hall–Kier alpha value is -5.64. The fourth-order valence-electron chi connectivity index (χ4n) is 9.46. The van der Waals surface area contributed by atoms with Crippen molar-refractivity contribution in [1.29, 1.82) is 0 Å². The van der Waals surface area contributed by atoms with E-state index in [1.165, 1.54) is 80.6 Å². The molecule has 2 nitrogen and oxygen atoms in total. The molecule has 11 rings (SSSR count). The van der Waals surface area contributed by atoms with Crippen molar-refractivity contribution >= 4 is 75.3 Å². The van der Waals surface area contributed by atoms with Gasteiger partial charge in [-0.3, -0.25) is 0 Å². The van der Waals surface area contributed by atoms with E-state index in [0.29, 0.717) is 0 Å². The van der Waals surface area contributed by atoms with Crippen LogP contribution in [0.25, 0.3) is 91.9 Å². The highest BCUT2D eigenvalue weighted by Crippen LogP contribution is 2.60. The number of para-hydroxylation sites is 3. The number of fused-ring (bicyclic) bond motifs is 15. The van der Waals surface area contributed by atoms with E-state index in [0.717, 1.165) is 35.2 Å². The lowest BCUT2D eigenvalue weighted by Gasteiger charge is -2.30. The smallest absolute Gasteiger partial charge is 0.160 e. The quantitative estimate of drug-likeness (QED) is 0.184. The van der Waals surface area contributed by atoms with E-state index in [1.54, 1.807) is 0 Å². The summed E-state index contributed by atoms with van der Waals surface area (Å²) in [6.45, 7) is 4.75. The van der Waals surface area contributed by atoms with Crippen LogP contribution in [0.15, 0.2) is 144 Å². The number of rotatable bonds is 4. The average molecular weight is 660 g/mol. The van der Waals surface area contributed by atoms with Gasteiger partial charge in [-0.25, -0.2) is 0 Å².